The second-order valence-electron chi connectivity index (χ2n) is 10.3. The van der Waals surface area contributed by atoms with E-state index in [2.05, 4.69) is 0 Å². The number of carboxylic acids is 1. The van der Waals surface area contributed by atoms with E-state index in [1.807, 2.05) is 91.0 Å². The number of methoxy groups -OCH3 is 1. The predicted molar refractivity (Wildman–Crippen MR) is 173 cm³/mol. The van der Waals surface area contributed by atoms with Crippen molar-refractivity contribution in [3.63, 3.8) is 0 Å². The molecule has 0 heterocycles. The molecule has 0 saturated carbocycles. The van der Waals surface area contributed by atoms with E-state index in [1.165, 1.54) is 31.4 Å². The Labute approximate surface area is 271 Å². The van der Waals surface area contributed by atoms with Crippen LogP contribution in [0.3, 0.4) is 0 Å². The number of carbonyl (C=O) groups is 3. The molecule has 0 aromatic heterocycles. The van der Waals surface area contributed by atoms with Gasteiger partial charge in [0.15, 0.2) is 6.79 Å². The molecule has 0 aliphatic carbocycles. The van der Waals surface area contributed by atoms with Crippen molar-refractivity contribution < 1.29 is 43.2 Å². The van der Waals surface area contributed by atoms with Crippen molar-refractivity contribution >= 4 is 17.7 Å². The highest BCUT2D eigenvalue weighted by Crippen LogP contribution is 2.37. The van der Waals surface area contributed by atoms with Gasteiger partial charge in [0.2, 0.25) is 5.78 Å². The standard InChI is InChI=1S/C38H32O9/c1-43-25-47-31-19-11-18-30(38(42)46-24-28-16-9-4-10-17-28)34(31)36(39)35-32(44-22-26-12-5-2-6-13-26)20-29(37(40)41)21-33(35)45-23-27-14-7-3-8-15-27/h2-21H,22-25H2,1H3,(H,40,41). The number of esters is 1. The molecule has 47 heavy (non-hydrogen) atoms. The van der Waals surface area contributed by atoms with Crippen LogP contribution in [0.15, 0.2) is 121 Å². The quantitative estimate of drug-likeness (QED) is 0.0732. The Balaban J connectivity index is 1.62. The van der Waals surface area contributed by atoms with Crippen molar-refractivity contribution in [1.82, 2.24) is 0 Å². The lowest BCUT2D eigenvalue weighted by molar-refractivity contribution is 0.0450. The van der Waals surface area contributed by atoms with Gasteiger partial charge in [-0.05, 0) is 41.0 Å². The molecule has 5 aromatic carbocycles. The first-order valence-electron chi connectivity index (χ1n) is 14.7. The summed E-state index contributed by atoms with van der Waals surface area (Å²) < 4.78 is 28.7. The number of ether oxygens (including phenoxy) is 5. The summed E-state index contributed by atoms with van der Waals surface area (Å²) in [6.07, 6.45) is 0. The predicted octanol–water partition coefficient (Wildman–Crippen LogP) is 7.11. The summed E-state index contributed by atoms with van der Waals surface area (Å²) in [6, 6.07) is 34.6. The molecule has 0 unspecified atom stereocenters. The first-order chi connectivity index (χ1) is 22.9. The number of benzene rings is 5. The van der Waals surface area contributed by atoms with Gasteiger partial charge >= 0.3 is 11.9 Å². The lowest BCUT2D eigenvalue weighted by Gasteiger charge is -2.19. The fourth-order valence-corrected chi connectivity index (χ4v) is 4.74. The fraction of sp³-hybridized carbons (Fsp3) is 0.132. The first kappa shape index (κ1) is 32.5. The molecule has 0 radical (unpaired) electrons. The molecule has 0 saturated heterocycles. The number of ketones is 1. The van der Waals surface area contributed by atoms with Crippen LogP contribution >= 0.6 is 0 Å². The van der Waals surface area contributed by atoms with E-state index in [9.17, 15) is 19.5 Å². The van der Waals surface area contributed by atoms with E-state index >= 15 is 0 Å². The monoisotopic (exact) mass is 632 g/mol. The first-order valence-corrected chi connectivity index (χ1v) is 14.7. The van der Waals surface area contributed by atoms with Crippen LogP contribution in [-0.2, 0) is 29.3 Å². The van der Waals surface area contributed by atoms with Crippen LogP contribution in [0.25, 0.3) is 0 Å². The van der Waals surface area contributed by atoms with Gasteiger partial charge in [0.1, 0.15) is 42.6 Å². The summed E-state index contributed by atoms with van der Waals surface area (Å²) in [7, 11) is 1.43. The molecule has 0 aliphatic rings. The van der Waals surface area contributed by atoms with Crippen LogP contribution < -0.4 is 14.2 Å². The number of hydrogen-bond acceptors (Lipinski definition) is 8. The molecule has 0 atom stereocenters. The maximum Gasteiger partial charge on any atom is 0.339 e. The summed E-state index contributed by atoms with van der Waals surface area (Å²) >= 11 is 0. The topological polar surface area (TPSA) is 118 Å². The average Bonchev–Trinajstić information content (AvgIpc) is 3.11. The Hall–Kier alpha value is -5.93. The Morgan fingerprint density at radius 1 is 0.574 bits per heavy atom. The zero-order chi connectivity index (χ0) is 33.0. The summed E-state index contributed by atoms with van der Waals surface area (Å²) in [5.41, 5.74) is 1.90. The highest BCUT2D eigenvalue weighted by atomic mass is 16.7. The lowest BCUT2D eigenvalue weighted by Crippen LogP contribution is -2.17. The third kappa shape index (κ3) is 8.42. The Morgan fingerprint density at radius 3 is 1.57 bits per heavy atom. The van der Waals surface area contributed by atoms with Gasteiger partial charge in [0, 0.05) is 7.11 Å². The smallest absolute Gasteiger partial charge is 0.339 e. The molecule has 0 bridgehead atoms. The van der Waals surface area contributed by atoms with E-state index in [0.717, 1.165) is 16.7 Å². The molecule has 9 nitrogen and oxygen atoms in total. The van der Waals surface area contributed by atoms with Crippen LogP contribution in [0.2, 0.25) is 0 Å². The van der Waals surface area contributed by atoms with Crippen LogP contribution in [-0.4, -0.2) is 36.7 Å². The molecule has 238 valence electrons. The summed E-state index contributed by atoms with van der Waals surface area (Å²) in [5, 5.41) is 9.97. The summed E-state index contributed by atoms with van der Waals surface area (Å²) in [4.78, 5) is 40.5. The molecular formula is C38H32O9. The number of hydrogen-bond donors (Lipinski definition) is 1. The number of rotatable bonds is 15. The maximum atomic E-state index is 14.7. The van der Waals surface area contributed by atoms with Crippen LogP contribution in [0, 0.1) is 0 Å². The molecule has 9 heteroatoms. The highest BCUT2D eigenvalue weighted by molar-refractivity contribution is 6.19. The van der Waals surface area contributed by atoms with E-state index in [4.69, 9.17) is 23.7 Å². The third-order valence-corrected chi connectivity index (χ3v) is 7.03. The van der Waals surface area contributed by atoms with E-state index in [0.29, 0.717) is 0 Å². The van der Waals surface area contributed by atoms with Gasteiger partial charge < -0.3 is 28.8 Å². The molecular weight excluding hydrogens is 600 g/mol. The molecule has 1 N–H and O–H groups in total. The molecule has 0 spiro atoms. The van der Waals surface area contributed by atoms with Gasteiger partial charge in [0.05, 0.1) is 16.7 Å². The number of aromatic carboxylic acids is 1. The summed E-state index contributed by atoms with van der Waals surface area (Å²) in [5.74, 6) is -2.76. The normalized spacial score (nSPS) is 10.6. The zero-order valence-electron chi connectivity index (χ0n) is 25.6. The largest absolute Gasteiger partial charge is 0.488 e. The van der Waals surface area contributed by atoms with E-state index in [1.54, 1.807) is 6.07 Å². The van der Waals surface area contributed by atoms with Crippen molar-refractivity contribution in [2.24, 2.45) is 0 Å². The second kappa shape index (κ2) is 15.9. The van der Waals surface area contributed by atoms with Crippen LogP contribution in [0.1, 0.15) is 53.3 Å². The number of carboxylic acid groups (broad SMARTS) is 1. The van der Waals surface area contributed by atoms with Gasteiger partial charge in [-0.2, -0.15) is 0 Å². The molecule has 5 rings (SSSR count). The minimum Gasteiger partial charge on any atom is -0.488 e. The summed E-state index contributed by atoms with van der Waals surface area (Å²) in [6.45, 7) is -0.192. The van der Waals surface area contributed by atoms with Crippen LogP contribution in [0.5, 0.6) is 17.2 Å². The average molecular weight is 633 g/mol. The van der Waals surface area contributed by atoms with Gasteiger partial charge in [-0.25, -0.2) is 9.59 Å². The zero-order valence-corrected chi connectivity index (χ0v) is 25.6. The minimum atomic E-state index is -1.24. The van der Waals surface area contributed by atoms with E-state index in [-0.39, 0.29) is 66.1 Å². The second-order valence-corrected chi connectivity index (χ2v) is 10.3. The van der Waals surface area contributed by atoms with Crippen molar-refractivity contribution in [1.29, 1.82) is 0 Å². The van der Waals surface area contributed by atoms with Gasteiger partial charge in [-0.15, -0.1) is 0 Å². The van der Waals surface area contributed by atoms with Crippen molar-refractivity contribution in [2.75, 3.05) is 13.9 Å². The van der Waals surface area contributed by atoms with Crippen molar-refractivity contribution in [3.05, 3.63) is 160 Å². The Morgan fingerprint density at radius 2 is 1.09 bits per heavy atom. The maximum absolute atomic E-state index is 14.7. The van der Waals surface area contributed by atoms with Gasteiger partial charge in [0.25, 0.3) is 0 Å². The number of carbonyl (C=O) groups excluding carboxylic acids is 2. The van der Waals surface area contributed by atoms with Gasteiger partial charge in [-0.3, -0.25) is 4.79 Å². The molecule has 0 fully saturated rings. The Kier molecular flexibility index (Phi) is 11.0. The Bertz CT molecular complexity index is 1760. The molecule has 0 amide bonds. The van der Waals surface area contributed by atoms with E-state index < -0.39 is 17.7 Å². The molecule has 5 aromatic rings. The van der Waals surface area contributed by atoms with Crippen molar-refractivity contribution in [3.8, 4) is 17.2 Å². The van der Waals surface area contributed by atoms with Gasteiger partial charge in [-0.1, -0.05) is 97.1 Å². The third-order valence-electron chi connectivity index (χ3n) is 7.03. The van der Waals surface area contributed by atoms with Crippen molar-refractivity contribution in [2.45, 2.75) is 19.8 Å². The molecule has 0 aliphatic heterocycles. The highest BCUT2D eigenvalue weighted by Gasteiger charge is 2.30. The lowest BCUT2D eigenvalue weighted by atomic mass is 9.94. The fourth-order valence-electron chi connectivity index (χ4n) is 4.74. The van der Waals surface area contributed by atoms with Crippen LogP contribution in [0.4, 0.5) is 0 Å². The SMILES string of the molecule is COCOc1cccc(C(=O)OCc2ccccc2)c1C(=O)c1c(OCc2ccccc2)cc(C(=O)O)cc1OCc1ccccc1. The minimum absolute atomic E-state index is 0.0239.